The van der Waals surface area contributed by atoms with E-state index in [1.165, 1.54) is 0 Å². The van der Waals surface area contributed by atoms with Crippen molar-refractivity contribution in [3.63, 3.8) is 0 Å². The summed E-state index contributed by atoms with van der Waals surface area (Å²) in [6, 6.07) is 7.25. The minimum absolute atomic E-state index is 0.642. The third-order valence-corrected chi connectivity index (χ3v) is 2.35. The number of halogens is 2. The molecule has 0 heterocycles. The zero-order valence-electron chi connectivity index (χ0n) is 9.36. The van der Waals surface area contributed by atoms with Crippen LogP contribution in [0, 0.1) is 6.92 Å². The van der Waals surface area contributed by atoms with E-state index in [-0.39, 0.29) is 0 Å². The first-order valence-electron chi connectivity index (χ1n) is 5.15. The number of alkyl halides is 2. The molecule has 0 saturated heterocycles. The van der Waals surface area contributed by atoms with Crippen molar-refractivity contribution in [2.75, 3.05) is 6.61 Å². The Morgan fingerprint density at radius 1 is 1.25 bits per heavy atom. The smallest absolute Gasteiger partial charge is 0.261 e. The third kappa shape index (κ3) is 3.87. The van der Waals surface area contributed by atoms with Crippen LogP contribution in [0.1, 0.15) is 24.2 Å². The fourth-order valence-corrected chi connectivity index (χ4v) is 1.35. The minimum atomic E-state index is -2.51. The van der Waals surface area contributed by atoms with Gasteiger partial charge in [0.15, 0.2) is 0 Å². The Kier molecular flexibility index (Phi) is 4.83. The normalized spacial score (nSPS) is 15.1. The number of ether oxygens (including phenoxy) is 1. The quantitative estimate of drug-likeness (QED) is 0.842. The van der Waals surface area contributed by atoms with Crippen LogP contribution in [0.3, 0.4) is 0 Å². The molecule has 0 radical (unpaired) electrons. The Morgan fingerprint density at radius 2 is 1.81 bits per heavy atom. The molecule has 2 atom stereocenters. The molecule has 1 aromatic rings. The first-order chi connectivity index (χ1) is 7.50. The predicted octanol–water partition coefficient (Wildman–Crippen LogP) is 2.70. The molecule has 0 aliphatic carbocycles. The van der Waals surface area contributed by atoms with Gasteiger partial charge in [0.05, 0.1) is 6.10 Å². The molecule has 0 aliphatic heterocycles. The zero-order chi connectivity index (χ0) is 12.1. The van der Waals surface area contributed by atoms with Gasteiger partial charge >= 0.3 is 0 Å². The van der Waals surface area contributed by atoms with Gasteiger partial charge in [-0.05, 0) is 19.4 Å². The van der Waals surface area contributed by atoms with Crippen molar-refractivity contribution in [3.05, 3.63) is 35.4 Å². The van der Waals surface area contributed by atoms with Gasteiger partial charge in [-0.3, -0.25) is 0 Å². The van der Waals surface area contributed by atoms with Crippen LogP contribution < -0.4 is 0 Å². The highest BCUT2D eigenvalue weighted by Gasteiger charge is 2.18. The number of aryl methyl sites for hydroxylation is 1. The Morgan fingerprint density at radius 3 is 2.31 bits per heavy atom. The van der Waals surface area contributed by atoms with Crippen LogP contribution in [-0.2, 0) is 4.74 Å². The van der Waals surface area contributed by atoms with E-state index in [4.69, 9.17) is 4.74 Å². The van der Waals surface area contributed by atoms with Crippen molar-refractivity contribution in [2.24, 2.45) is 0 Å². The van der Waals surface area contributed by atoms with Gasteiger partial charge in [-0.1, -0.05) is 29.8 Å². The van der Waals surface area contributed by atoms with Crippen molar-refractivity contribution < 1.29 is 18.6 Å². The van der Waals surface area contributed by atoms with Gasteiger partial charge in [0, 0.05) is 0 Å². The summed E-state index contributed by atoms with van der Waals surface area (Å²) < 4.78 is 28.7. The molecule has 0 aliphatic rings. The second-order valence-electron chi connectivity index (χ2n) is 3.79. The van der Waals surface area contributed by atoms with Crippen LogP contribution in [0.5, 0.6) is 0 Å². The molecule has 1 aromatic carbocycles. The largest absolute Gasteiger partial charge is 0.386 e. The van der Waals surface area contributed by atoms with E-state index >= 15 is 0 Å². The van der Waals surface area contributed by atoms with E-state index in [1.54, 1.807) is 19.1 Å². The summed E-state index contributed by atoms with van der Waals surface area (Å²) in [6.07, 6.45) is -4.02. The number of rotatable bonds is 5. The van der Waals surface area contributed by atoms with Crippen molar-refractivity contribution in [1.82, 2.24) is 0 Å². The summed E-state index contributed by atoms with van der Waals surface area (Å²) in [5, 5.41) is 9.82. The molecule has 2 unspecified atom stereocenters. The fourth-order valence-electron chi connectivity index (χ4n) is 1.35. The highest BCUT2D eigenvalue weighted by atomic mass is 19.3. The molecule has 90 valence electrons. The van der Waals surface area contributed by atoms with Crippen molar-refractivity contribution in [2.45, 2.75) is 32.5 Å². The molecule has 4 heteroatoms. The molecule has 1 N–H and O–H groups in total. The van der Waals surface area contributed by atoms with Crippen LogP contribution >= 0.6 is 0 Å². The summed E-state index contributed by atoms with van der Waals surface area (Å²) in [7, 11) is 0. The van der Waals surface area contributed by atoms with E-state index in [1.807, 2.05) is 19.1 Å². The molecule has 2 nitrogen and oxygen atoms in total. The first kappa shape index (κ1) is 13.1. The Balaban J connectivity index is 2.56. The Labute approximate surface area is 93.9 Å². The highest BCUT2D eigenvalue weighted by molar-refractivity contribution is 5.23. The van der Waals surface area contributed by atoms with E-state index in [9.17, 15) is 13.9 Å². The van der Waals surface area contributed by atoms with E-state index in [2.05, 4.69) is 0 Å². The average molecular weight is 230 g/mol. The molecular formula is C12H16F2O2. The zero-order valence-corrected chi connectivity index (χ0v) is 9.36. The molecule has 0 saturated carbocycles. The number of benzene rings is 1. The first-order valence-corrected chi connectivity index (χ1v) is 5.15. The van der Waals surface area contributed by atoms with Crippen molar-refractivity contribution >= 4 is 0 Å². The lowest BCUT2D eigenvalue weighted by atomic mass is 10.0. The van der Waals surface area contributed by atoms with E-state index < -0.39 is 25.2 Å². The van der Waals surface area contributed by atoms with Crippen LogP contribution in [-0.4, -0.2) is 24.2 Å². The number of aliphatic hydroxyl groups is 1. The van der Waals surface area contributed by atoms with E-state index in [0.29, 0.717) is 5.56 Å². The number of aliphatic hydroxyl groups excluding tert-OH is 1. The lowest BCUT2D eigenvalue weighted by Crippen LogP contribution is -2.21. The van der Waals surface area contributed by atoms with Gasteiger partial charge in [-0.2, -0.15) is 0 Å². The lowest BCUT2D eigenvalue weighted by Gasteiger charge is -2.19. The Hall–Kier alpha value is -1.00. The fraction of sp³-hybridized carbons (Fsp3) is 0.500. The Bertz CT molecular complexity index is 311. The monoisotopic (exact) mass is 230 g/mol. The summed E-state index contributed by atoms with van der Waals surface area (Å²) in [5.74, 6) is 0. The molecular weight excluding hydrogens is 214 g/mol. The highest BCUT2D eigenvalue weighted by Crippen LogP contribution is 2.19. The maximum atomic E-state index is 11.9. The van der Waals surface area contributed by atoms with Crippen LogP contribution in [0.4, 0.5) is 8.78 Å². The topological polar surface area (TPSA) is 29.5 Å². The summed E-state index contributed by atoms with van der Waals surface area (Å²) >= 11 is 0. The molecule has 0 spiro atoms. The minimum Gasteiger partial charge on any atom is -0.386 e. The third-order valence-electron chi connectivity index (χ3n) is 2.35. The second kappa shape index (κ2) is 5.92. The number of hydrogen-bond donors (Lipinski definition) is 1. The SMILES string of the molecule is Cc1ccc(C(O)C(C)OCC(F)F)cc1. The average Bonchev–Trinajstić information content (AvgIpc) is 2.26. The maximum absolute atomic E-state index is 11.9. The predicted molar refractivity (Wildman–Crippen MR) is 57.6 cm³/mol. The van der Waals surface area contributed by atoms with Crippen molar-refractivity contribution in [3.8, 4) is 0 Å². The van der Waals surface area contributed by atoms with Crippen LogP contribution in [0.2, 0.25) is 0 Å². The molecule has 16 heavy (non-hydrogen) atoms. The summed E-state index contributed by atoms with van der Waals surface area (Å²) in [5.41, 5.74) is 1.75. The molecule has 0 aromatic heterocycles. The molecule has 0 bridgehead atoms. The second-order valence-corrected chi connectivity index (χ2v) is 3.79. The summed E-state index contributed by atoms with van der Waals surface area (Å²) in [6.45, 7) is 2.86. The van der Waals surface area contributed by atoms with Gasteiger partial charge in [-0.25, -0.2) is 8.78 Å². The lowest BCUT2D eigenvalue weighted by molar-refractivity contribution is -0.0676. The van der Waals surface area contributed by atoms with Gasteiger partial charge in [-0.15, -0.1) is 0 Å². The standard InChI is InChI=1S/C12H16F2O2/c1-8-3-5-10(6-4-8)12(15)9(2)16-7-11(13)14/h3-6,9,11-12,15H,7H2,1-2H3. The van der Waals surface area contributed by atoms with Gasteiger partial charge in [0.25, 0.3) is 6.43 Å². The van der Waals surface area contributed by atoms with Crippen molar-refractivity contribution in [1.29, 1.82) is 0 Å². The summed E-state index contributed by atoms with van der Waals surface area (Å²) in [4.78, 5) is 0. The molecule has 1 rings (SSSR count). The van der Waals surface area contributed by atoms with Crippen LogP contribution in [0.15, 0.2) is 24.3 Å². The van der Waals surface area contributed by atoms with E-state index in [0.717, 1.165) is 5.56 Å². The van der Waals surface area contributed by atoms with Gasteiger partial charge in [0.2, 0.25) is 0 Å². The maximum Gasteiger partial charge on any atom is 0.261 e. The molecule has 0 amide bonds. The van der Waals surface area contributed by atoms with Gasteiger partial charge < -0.3 is 9.84 Å². The van der Waals surface area contributed by atoms with Crippen LogP contribution in [0.25, 0.3) is 0 Å². The van der Waals surface area contributed by atoms with Gasteiger partial charge in [0.1, 0.15) is 12.7 Å². The molecule has 0 fully saturated rings. The number of hydrogen-bond acceptors (Lipinski definition) is 2.